The van der Waals surface area contributed by atoms with E-state index in [-0.39, 0.29) is 6.04 Å². The van der Waals surface area contributed by atoms with E-state index < -0.39 is 0 Å². The minimum absolute atomic E-state index is 0.246. The second kappa shape index (κ2) is 7.72. The van der Waals surface area contributed by atoms with E-state index in [9.17, 15) is 0 Å². The molecule has 1 aromatic heterocycles. The van der Waals surface area contributed by atoms with Gasteiger partial charge in [-0.25, -0.2) is 0 Å². The van der Waals surface area contributed by atoms with Crippen LogP contribution in [0.2, 0.25) is 0 Å². The third kappa shape index (κ3) is 2.85. The monoisotopic (exact) mass is 566 g/mol. The van der Waals surface area contributed by atoms with Crippen LogP contribution in [0.1, 0.15) is 11.5 Å². The van der Waals surface area contributed by atoms with Crippen LogP contribution in [0, 0.1) is 0 Å². The summed E-state index contributed by atoms with van der Waals surface area (Å²) in [6.07, 6.45) is 6.65. The van der Waals surface area contributed by atoms with Crippen LogP contribution < -0.4 is 4.90 Å². The number of fused-ring (bicyclic) bond motifs is 6. The SMILES string of the molecule is BrC1=CC=CC2c3ccccc3N(c3ccc(-n4c5ccccc5c5cccc(Br)c54)cc3)C12. The first kappa shape index (κ1) is 20.3. The van der Waals surface area contributed by atoms with E-state index in [0.717, 1.165) is 10.2 Å². The number of aromatic nitrogens is 1. The van der Waals surface area contributed by atoms with Crippen molar-refractivity contribution in [2.45, 2.75) is 12.0 Å². The van der Waals surface area contributed by atoms with Crippen LogP contribution in [0.25, 0.3) is 27.5 Å². The Kier molecular flexibility index (Phi) is 4.61. The number of nitrogens with zero attached hydrogens (tertiary/aromatic N) is 2. The van der Waals surface area contributed by atoms with Crippen molar-refractivity contribution in [3.05, 3.63) is 124 Å². The predicted octanol–water partition coefficient (Wildman–Crippen LogP) is 9.00. The summed E-state index contributed by atoms with van der Waals surface area (Å²) in [5.41, 5.74) is 7.43. The number of anilines is 2. The predicted molar refractivity (Wildman–Crippen MR) is 150 cm³/mol. The maximum absolute atomic E-state index is 3.86. The highest BCUT2D eigenvalue weighted by Gasteiger charge is 2.40. The molecule has 164 valence electrons. The van der Waals surface area contributed by atoms with Gasteiger partial charge in [-0.3, -0.25) is 0 Å². The lowest BCUT2D eigenvalue weighted by atomic mass is 9.91. The molecule has 0 spiro atoms. The summed E-state index contributed by atoms with van der Waals surface area (Å²) in [6.45, 7) is 0. The fourth-order valence-electron chi connectivity index (χ4n) is 5.65. The number of rotatable bonds is 2. The molecular formula is C30H20Br2N2. The first-order valence-corrected chi connectivity index (χ1v) is 13.0. The van der Waals surface area contributed by atoms with Crippen molar-refractivity contribution < 1.29 is 0 Å². The molecule has 2 atom stereocenters. The van der Waals surface area contributed by atoms with Crippen LogP contribution in [-0.2, 0) is 0 Å². The van der Waals surface area contributed by atoms with E-state index in [1.807, 2.05) is 0 Å². The molecule has 0 saturated heterocycles. The summed E-state index contributed by atoms with van der Waals surface area (Å²) in [5, 5.41) is 2.52. The summed E-state index contributed by atoms with van der Waals surface area (Å²) < 4.78 is 4.68. The summed E-state index contributed by atoms with van der Waals surface area (Å²) in [4.78, 5) is 2.47. The highest BCUT2D eigenvalue weighted by atomic mass is 79.9. The summed E-state index contributed by atoms with van der Waals surface area (Å²) in [5.74, 6) is 0.351. The maximum atomic E-state index is 3.86. The zero-order valence-electron chi connectivity index (χ0n) is 18.2. The Morgan fingerprint density at radius 3 is 2.29 bits per heavy atom. The van der Waals surface area contributed by atoms with Gasteiger partial charge in [0, 0.05) is 42.7 Å². The molecule has 2 unspecified atom stereocenters. The second-order valence-corrected chi connectivity index (χ2v) is 10.6. The first-order valence-electron chi connectivity index (χ1n) is 11.4. The van der Waals surface area contributed by atoms with Gasteiger partial charge in [0.15, 0.2) is 0 Å². The molecule has 0 fully saturated rings. The molecule has 2 nitrogen and oxygen atoms in total. The van der Waals surface area contributed by atoms with E-state index in [4.69, 9.17) is 0 Å². The number of para-hydroxylation sites is 3. The number of hydrogen-bond donors (Lipinski definition) is 0. The Labute approximate surface area is 215 Å². The van der Waals surface area contributed by atoms with Crippen LogP contribution in [0.15, 0.2) is 118 Å². The van der Waals surface area contributed by atoms with Crippen LogP contribution in [-0.4, -0.2) is 10.6 Å². The largest absolute Gasteiger partial charge is 0.332 e. The van der Waals surface area contributed by atoms with Crippen molar-refractivity contribution in [2.24, 2.45) is 0 Å². The quantitative estimate of drug-likeness (QED) is 0.206. The van der Waals surface area contributed by atoms with Gasteiger partial charge in [0.25, 0.3) is 0 Å². The van der Waals surface area contributed by atoms with Crippen LogP contribution in [0.5, 0.6) is 0 Å². The van der Waals surface area contributed by atoms with Gasteiger partial charge in [-0.2, -0.15) is 0 Å². The zero-order valence-corrected chi connectivity index (χ0v) is 21.4. The van der Waals surface area contributed by atoms with E-state index >= 15 is 0 Å². The molecule has 1 aliphatic heterocycles. The summed E-state index contributed by atoms with van der Waals surface area (Å²) in [6, 6.07) is 33.1. The lowest BCUT2D eigenvalue weighted by Crippen LogP contribution is -2.30. The molecule has 0 N–H and O–H groups in total. The summed E-state index contributed by atoms with van der Waals surface area (Å²) in [7, 11) is 0. The van der Waals surface area contributed by atoms with Crippen LogP contribution in [0.4, 0.5) is 11.4 Å². The van der Waals surface area contributed by atoms with Gasteiger partial charge in [0.05, 0.1) is 17.1 Å². The molecule has 4 heteroatoms. The van der Waals surface area contributed by atoms with Gasteiger partial charge in [0.1, 0.15) is 0 Å². The Morgan fingerprint density at radius 2 is 1.41 bits per heavy atom. The van der Waals surface area contributed by atoms with Gasteiger partial charge >= 0.3 is 0 Å². The third-order valence-electron chi connectivity index (χ3n) is 7.06. The average molecular weight is 568 g/mol. The highest BCUT2D eigenvalue weighted by molar-refractivity contribution is 9.11. The molecule has 7 rings (SSSR count). The fraction of sp³-hybridized carbons (Fsp3) is 0.0667. The van der Waals surface area contributed by atoms with Gasteiger partial charge in [-0.15, -0.1) is 0 Å². The van der Waals surface area contributed by atoms with Gasteiger partial charge in [-0.05, 0) is 64.0 Å². The van der Waals surface area contributed by atoms with E-state index in [0.29, 0.717) is 5.92 Å². The van der Waals surface area contributed by atoms with Crippen molar-refractivity contribution in [1.29, 1.82) is 0 Å². The fourth-order valence-corrected chi connectivity index (χ4v) is 6.83. The Balaban J connectivity index is 1.39. The number of benzene rings is 4. The molecule has 5 aromatic rings. The first-order chi connectivity index (χ1) is 16.7. The molecule has 0 radical (unpaired) electrons. The summed E-state index contributed by atoms with van der Waals surface area (Å²) >= 11 is 7.67. The number of hydrogen-bond acceptors (Lipinski definition) is 1. The van der Waals surface area contributed by atoms with Crippen molar-refractivity contribution >= 4 is 65.0 Å². The Hall–Kier alpha value is -3.08. The van der Waals surface area contributed by atoms with Crippen LogP contribution >= 0.6 is 31.9 Å². The molecule has 0 amide bonds. The number of allylic oxidation sites excluding steroid dienone is 2. The van der Waals surface area contributed by atoms with Crippen molar-refractivity contribution in [2.75, 3.05) is 4.90 Å². The maximum Gasteiger partial charge on any atom is 0.0760 e. The minimum Gasteiger partial charge on any atom is -0.332 e. The lowest BCUT2D eigenvalue weighted by molar-refractivity contribution is 0.737. The van der Waals surface area contributed by atoms with Crippen molar-refractivity contribution in [3.63, 3.8) is 0 Å². The minimum atomic E-state index is 0.246. The van der Waals surface area contributed by atoms with Crippen LogP contribution in [0.3, 0.4) is 0 Å². The molecule has 4 aromatic carbocycles. The molecule has 2 aliphatic rings. The van der Waals surface area contributed by atoms with E-state index in [1.54, 1.807) is 0 Å². The van der Waals surface area contributed by atoms with Gasteiger partial charge in [-0.1, -0.05) is 82.7 Å². The van der Waals surface area contributed by atoms with E-state index in [1.165, 1.54) is 43.2 Å². The normalized spacial score (nSPS) is 18.9. The third-order valence-corrected chi connectivity index (χ3v) is 8.44. The molecule has 2 heterocycles. The van der Waals surface area contributed by atoms with Gasteiger partial charge < -0.3 is 9.47 Å². The van der Waals surface area contributed by atoms with E-state index in [2.05, 4.69) is 151 Å². The second-order valence-electron chi connectivity index (χ2n) is 8.84. The zero-order chi connectivity index (χ0) is 22.8. The molecule has 0 saturated carbocycles. The van der Waals surface area contributed by atoms with Crippen molar-refractivity contribution in [1.82, 2.24) is 4.57 Å². The van der Waals surface area contributed by atoms with Gasteiger partial charge in [0.2, 0.25) is 0 Å². The molecule has 0 bridgehead atoms. The average Bonchev–Trinajstić information content (AvgIpc) is 3.40. The molecule has 1 aliphatic carbocycles. The lowest BCUT2D eigenvalue weighted by Gasteiger charge is -2.31. The standard InChI is InChI=1S/C30H20Br2N2/c31-25-11-5-9-23-21-7-1-3-13-27(21)33(29(23)25)19-15-17-20(18-16-19)34-28-14-4-2-8-22(28)24-10-6-12-26(32)30(24)34/h1-18,23,29H. The smallest absolute Gasteiger partial charge is 0.0760 e. The van der Waals surface area contributed by atoms with Crippen molar-refractivity contribution in [3.8, 4) is 5.69 Å². The molecule has 34 heavy (non-hydrogen) atoms. The molecular weight excluding hydrogens is 548 g/mol. The Morgan fingerprint density at radius 1 is 0.676 bits per heavy atom. The Bertz CT molecular complexity index is 1640. The topological polar surface area (TPSA) is 8.17 Å². The highest BCUT2D eigenvalue weighted by Crippen LogP contribution is 2.50. The number of halogens is 2.